The van der Waals surface area contributed by atoms with Gasteiger partial charge >= 0.3 is 12.1 Å². The van der Waals surface area contributed by atoms with Gasteiger partial charge in [-0.2, -0.15) is 0 Å². The molecule has 5 heteroatoms. The van der Waals surface area contributed by atoms with E-state index in [1.807, 2.05) is 0 Å². The van der Waals surface area contributed by atoms with Crippen LogP contribution in [0.15, 0.2) is 0 Å². The Balaban J connectivity index is 2.66. The lowest BCUT2D eigenvalue weighted by molar-refractivity contribution is -0.150. The van der Waals surface area contributed by atoms with Crippen LogP contribution in [0.25, 0.3) is 0 Å². The molecule has 0 aliphatic heterocycles. The summed E-state index contributed by atoms with van der Waals surface area (Å²) in [5.74, 6) is -0.301. The lowest BCUT2D eigenvalue weighted by atomic mass is 9.77. The van der Waals surface area contributed by atoms with Crippen molar-refractivity contribution in [1.82, 2.24) is 5.32 Å². The molecule has 5 nitrogen and oxygen atoms in total. The first-order chi connectivity index (χ1) is 10.2. The van der Waals surface area contributed by atoms with E-state index in [1.165, 1.54) is 0 Å². The Labute approximate surface area is 133 Å². The van der Waals surface area contributed by atoms with E-state index in [0.29, 0.717) is 18.8 Å². The van der Waals surface area contributed by atoms with Gasteiger partial charge in [0, 0.05) is 6.54 Å². The highest BCUT2D eigenvalue weighted by Gasteiger charge is 2.43. The van der Waals surface area contributed by atoms with Crippen molar-refractivity contribution in [2.45, 2.75) is 78.2 Å². The maximum atomic E-state index is 11.9. The summed E-state index contributed by atoms with van der Waals surface area (Å²) in [6.07, 6.45) is 5.90. The van der Waals surface area contributed by atoms with Gasteiger partial charge in [0.25, 0.3) is 0 Å². The minimum Gasteiger partial charge on any atom is -0.481 e. The van der Waals surface area contributed by atoms with Crippen molar-refractivity contribution in [3.05, 3.63) is 0 Å². The average molecular weight is 313 g/mol. The number of unbranched alkanes of at least 4 members (excludes halogenated alkanes) is 2. The number of carboxylic acid groups (broad SMARTS) is 1. The third-order valence-electron chi connectivity index (χ3n) is 4.06. The highest BCUT2D eigenvalue weighted by atomic mass is 16.6. The van der Waals surface area contributed by atoms with E-state index in [-0.39, 0.29) is 6.54 Å². The van der Waals surface area contributed by atoms with Crippen LogP contribution in [0, 0.1) is 11.3 Å². The fourth-order valence-corrected chi connectivity index (χ4v) is 2.68. The van der Waals surface area contributed by atoms with Gasteiger partial charge in [-0.05, 0) is 39.5 Å². The molecule has 0 aromatic carbocycles. The monoisotopic (exact) mass is 313 g/mol. The van der Waals surface area contributed by atoms with E-state index in [1.54, 1.807) is 20.8 Å². The summed E-state index contributed by atoms with van der Waals surface area (Å²) in [5.41, 5.74) is -1.43. The molecule has 0 radical (unpaired) electrons. The number of ether oxygens (including phenoxy) is 1. The van der Waals surface area contributed by atoms with Crippen molar-refractivity contribution in [1.29, 1.82) is 0 Å². The van der Waals surface area contributed by atoms with E-state index < -0.39 is 23.1 Å². The highest BCUT2D eigenvalue weighted by molar-refractivity contribution is 5.76. The zero-order chi connectivity index (χ0) is 16.8. The molecule has 22 heavy (non-hydrogen) atoms. The SMILES string of the molecule is CCCCCC(CNC(=O)OC(C)(C)C)(CC1CC1)C(=O)O. The Morgan fingerprint density at radius 3 is 2.32 bits per heavy atom. The molecule has 128 valence electrons. The second kappa shape index (κ2) is 7.84. The van der Waals surface area contributed by atoms with Gasteiger partial charge in [0.15, 0.2) is 0 Å². The first kappa shape index (κ1) is 18.8. The topological polar surface area (TPSA) is 75.6 Å². The molecule has 0 aromatic heterocycles. The Hall–Kier alpha value is -1.26. The van der Waals surface area contributed by atoms with Crippen LogP contribution in [0.4, 0.5) is 4.79 Å². The summed E-state index contributed by atoms with van der Waals surface area (Å²) < 4.78 is 5.22. The van der Waals surface area contributed by atoms with Gasteiger partial charge in [-0.3, -0.25) is 4.79 Å². The van der Waals surface area contributed by atoms with Gasteiger partial charge in [0.05, 0.1) is 5.41 Å². The van der Waals surface area contributed by atoms with Gasteiger partial charge in [0.1, 0.15) is 5.60 Å². The number of alkyl carbamates (subject to hydrolysis) is 1. The molecule has 0 saturated heterocycles. The molecule has 1 aliphatic rings. The number of hydrogen-bond acceptors (Lipinski definition) is 3. The largest absolute Gasteiger partial charge is 0.481 e. The van der Waals surface area contributed by atoms with Crippen molar-refractivity contribution < 1.29 is 19.4 Å². The fraction of sp³-hybridized carbons (Fsp3) is 0.882. The van der Waals surface area contributed by atoms with Crippen molar-refractivity contribution in [3.8, 4) is 0 Å². The Bertz CT molecular complexity index is 385. The first-order valence-corrected chi connectivity index (χ1v) is 8.39. The molecule has 2 N–H and O–H groups in total. The summed E-state index contributed by atoms with van der Waals surface area (Å²) in [6.45, 7) is 7.63. The summed E-state index contributed by atoms with van der Waals surface area (Å²) in [5, 5.41) is 12.4. The number of aliphatic carboxylic acids is 1. The second-order valence-electron chi connectivity index (χ2n) is 7.55. The van der Waals surface area contributed by atoms with Crippen molar-refractivity contribution in [2.24, 2.45) is 11.3 Å². The van der Waals surface area contributed by atoms with Gasteiger partial charge in [0.2, 0.25) is 0 Å². The molecular weight excluding hydrogens is 282 g/mol. The summed E-state index contributed by atoms with van der Waals surface area (Å²) in [7, 11) is 0. The van der Waals surface area contributed by atoms with Gasteiger partial charge in [-0.1, -0.05) is 39.0 Å². The quantitative estimate of drug-likeness (QED) is 0.632. The standard InChI is InChI=1S/C17H31NO4/c1-5-6-7-10-17(14(19)20,11-13-8-9-13)12-18-15(21)22-16(2,3)4/h13H,5-12H2,1-4H3,(H,18,21)(H,19,20). The van der Waals surface area contributed by atoms with Crippen LogP contribution in [-0.4, -0.2) is 29.3 Å². The van der Waals surface area contributed by atoms with Crippen LogP contribution in [-0.2, 0) is 9.53 Å². The van der Waals surface area contributed by atoms with Gasteiger partial charge < -0.3 is 15.2 Å². The molecule has 1 amide bonds. The van der Waals surface area contributed by atoms with Crippen molar-refractivity contribution in [2.75, 3.05) is 6.54 Å². The first-order valence-electron chi connectivity index (χ1n) is 8.39. The maximum absolute atomic E-state index is 11.9. The smallest absolute Gasteiger partial charge is 0.407 e. The minimum atomic E-state index is -0.854. The van der Waals surface area contributed by atoms with Crippen LogP contribution in [0.3, 0.4) is 0 Å². The average Bonchev–Trinajstić information content (AvgIpc) is 3.17. The molecule has 0 aromatic rings. The lowest BCUT2D eigenvalue weighted by Gasteiger charge is -2.30. The predicted octanol–water partition coefficient (Wildman–Crippen LogP) is 3.96. The molecule has 1 atom stereocenters. The summed E-state index contributed by atoms with van der Waals surface area (Å²) in [4.78, 5) is 23.7. The molecule has 0 heterocycles. The molecule has 0 spiro atoms. The Morgan fingerprint density at radius 2 is 1.86 bits per heavy atom. The van der Waals surface area contributed by atoms with Crippen LogP contribution in [0.1, 0.15) is 72.6 Å². The molecular formula is C17H31NO4. The van der Waals surface area contributed by atoms with Gasteiger partial charge in [-0.15, -0.1) is 0 Å². The minimum absolute atomic E-state index is 0.150. The number of carbonyl (C=O) groups excluding carboxylic acids is 1. The van der Waals surface area contributed by atoms with Crippen LogP contribution in [0.5, 0.6) is 0 Å². The molecule has 1 fully saturated rings. The molecule has 0 bridgehead atoms. The maximum Gasteiger partial charge on any atom is 0.407 e. The van der Waals surface area contributed by atoms with E-state index in [0.717, 1.165) is 32.1 Å². The van der Waals surface area contributed by atoms with Crippen LogP contribution < -0.4 is 5.32 Å². The lowest BCUT2D eigenvalue weighted by Crippen LogP contribution is -2.45. The zero-order valence-corrected chi connectivity index (χ0v) is 14.4. The van der Waals surface area contributed by atoms with Crippen LogP contribution >= 0.6 is 0 Å². The number of rotatable bonds is 9. The fourth-order valence-electron chi connectivity index (χ4n) is 2.68. The third-order valence-corrected chi connectivity index (χ3v) is 4.06. The number of carboxylic acids is 1. The number of hydrogen-bond donors (Lipinski definition) is 2. The normalized spacial score (nSPS) is 17.6. The van der Waals surface area contributed by atoms with E-state index in [2.05, 4.69) is 12.2 Å². The molecule has 1 unspecified atom stereocenters. The number of carbonyl (C=O) groups is 2. The second-order valence-corrected chi connectivity index (χ2v) is 7.55. The Kier molecular flexibility index (Phi) is 6.69. The zero-order valence-electron chi connectivity index (χ0n) is 14.4. The molecule has 1 aliphatic carbocycles. The summed E-state index contributed by atoms with van der Waals surface area (Å²) >= 11 is 0. The highest BCUT2D eigenvalue weighted by Crippen LogP contribution is 2.43. The van der Waals surface area contributed by atoms with E-state index in [9.17, 15) is 14.7 Å². The third kappa shape index (κ3) is 6.67. The van der Waals surface area contributed by atoms with Crippen molar-refractivity contribution >= 4 is 12.1 Å². The summed E-state index contributed by atoms with van der Waals surface area (Å²) in [6, 6.07) is 0. The van der Waals surface area contributed by atoms with E-state index in [4.69, 9.17) is 4.74 Å². The molecule has 1 saturated carbocycles. The van der Waals surface area contributed by atoms with Crippen molar-refractivity contribution in [3.63, 3.8) is 0 Å². The van der Waals surface area contributed by atoms with E-state index >= 15 is 0 Å². The Morgan fingerprint density at radius 1 is 1.23 bits per heavy atom. The van der Waals surface area contributed by atoms with Gasteiger partial charge in [-0.25, -0.2) is 4.79 Å². The number of amides is 1. The van der Waals surface area contributed by atoms with Crippen LogP contribution in [0.2, 0.25) is 0 Å². The number of nitrogens with one attached hydrogen (secondary N) is 1. The molecule has 1 rings (SSSR count). The predicted molar refractivity (Wildman–Crippen MR) is 85.8 cm³/mol.